The first-order chi connectivity index (χ1) is 15.1. The summed E-state index contributed by atoms with van der Waals surface area (Å²) in [6, 6.07) is 20.0. The van der Waals surface area contributed by atoms with Crippen molar-refractivity contribution >= 4 is 11.6 Å². The van der Waals surface area contributed by atoms with Crippen molar-refractivity contribution in [3.05, 3.63) is 96.6 Å². The van der Waals surface area contributed by atoms with Crippen molar-refractivity contribution < 1.29 is 18.7 Å². The molecule has 1 N–H and O–H groups in total. The van der Waals surface area contributed by atoms with Gasteiger partial charge in [0.1, 0.15) is 17.3 Å². The number of hydrogen-bond acceptors (Lipinski definition) is 5. The molecule has 6 nitrogen and oxygen atoms in total. The molecule has 7 heteroatoms. The molecule has 3 aromatic carbocycles. The summed E-state index contributed by atoms with van der Waals surface area (Å²) < 4.78 is 23.9. The lowest BCUT2D eigenvalue weighted by molar-refractivity contribution is 0.102. The van der Waals surface area contributed by atoms with Gasteiger partial charge in [-0.2, -0.15) is 0 Å². The molecule has 31 heavy (non-hydrogen) atoms. The Bertz CT molecular complexity index is 1200. The zero-order valence-electron chi connectivity index (χ0n) is 16.6. The fraction of sp³-hybridized carbons (Fsp3) is 0.0417. The normalized spacial score (nSPS) is 10.4. The zero-order chi connectivity index (χ0) is 21.6. The molecular weight excluding hydrogens is 397 g/mol. The number of benzene rings is 3. The molecule has 1 heterocycles. The van der Waals surface area contributed by atoms with Crippen LogP contribution in [-0.2, 0) is 0 Å². The fourth-order valence-electron chi connectivity index (χ4n) is 2.86. The van der Waals surface area contributed by atoms with Gasteiger partial charge in [0, 0.05) is 35.3 Å². The predicted molar refractivity (Wildman–Crippen MR) is 115 cm³/mol. The third-order valence-electron chi connectivity index (χ3n) is 4.44. The summed E-state index contributed by atoms with van der Waals surface area (Å²) in [6.45, 7) is 0. The van der Waals surface area contributed by atoms with Crippen LogP contribution >= 0.6 is 0 Å². The molecule has 0 saturated heterocycles. The zero-order valence-corrected chi connectivity index (χ0v) is 16.6. The van der Waals surface area contributed by atoms with Gasteiger partial charge < -0.3 is 14.8 Å². The van der Waals surface area contributed by atoms with Crippen LogP contribution in [0.4, 0.5) is 10.1 Å². The minimum absolute atomic E-state index is 0.196. The highest BCUT2D eigenvalue weighted by atomic mass is 19.1. The third kappa shape index (κ3) is 5.02. The molecule has 4 rings (SSSR count). The van der Waals surface area contributed by atoms with Crippen LogP contribution in [0.5, 0.6) is 17.5 Å². The second kappa shape index (κ2) is 9.04. The van der Waals surface area contributed by atoms with Crippen LogP contribution in [0.3, 0.4) is 0 Å². The number of anilines is 1. The monoisotopic (exact) mass is 415 g/mol. The molecule has 0 aliphatic carbocycles. The van der Waals surface area contributed by atoms with Gasteiger partial charge in [0.05, 0.1) is 7.11 Å². The number of ether oxygens (including phenoxy) is 2. The lowest BCUT2D eigenvalue weighted by Crippen LogP contribution is -2.11. The van der Waals surface area contributed by atoms with E-state index in [0.717, 1.165) is 11.1 Å². The number of carbonyl (C=O) groups is 1. The summed E-state index contributed by atoms with van der Waals surface area (Å²) in [5.41, 5.74) is 2.48. The number of halogens is 1. The van der Waals surface area contributed by atoms with Crippen molar-refractivity contribution in [3.8, 4) is 28.6 Å². The second-order valence-electron chi connectivity index (χ2n) is 6.58. The van der Waals surface area contributed by atoms with Crippen LogP contribution in [0, 0.1) is 5.82 Å². The van der Waals surface area contributed by atoms with Crippen molar-refractivity contribution in [1.82, 2.24) is 9.97 Å². The molecule has 4 aromatic rings. The Balaban J connectivity index is 1.48. The van der Waals surface area contributed by atoms with Crippen LogP contribution in [0.15, 0.2) is 85.2 Å². The fourth-order valence-corrected chi connectivity index (χ4v) is 2.86. The van der Waals surface area contributed by atoms with Crippen molar-refractivity contribution in [3.63, 3.8) is 0 Å². The molecule has 0 spiro atoms. The number of hydrogen-bond donors (Lipinski definition) is 1. The molecule has 154 valence electrons. The molecule has 1 aromatic heterocycles. The lowest BCUT2D eigenvalue weighted by Gasteiger charge is -2.08. The molecule has 1 amide bonds. The van der Waals surface area contributed by atoms with Crippen molar-refractivity contribution in [1.29, 1.82) is 0 Å². The van der Waals surface area contributed by atoms with Crippen molar-refractivity contribution in [2.24, 2.45) is 0 Å². The van der Waals surface area contributed by atoms with E-state index >= 15 is 0 Å². The van der Waals surface area contributed by atoms with E-state index in [1.165, 1.54) is 24.3 Å². The van der Waals surface area contributed by atoms with E-state index in [4.69, 9.17) is 9.47 Å². The van der Waals surface area contributed by atoms with Gasteiger partial charge >= 0.3 is 6.01 Å². The van der Waals surface area contributed by atoms with E-state index in [-0.39, 0.29) is 17.7 Å². The lowest BCUT2D eigenvalue weighted by atomic mass is 10.1. The van der Waals surface area contributed by atoms with Crippen molar-refractivity contribution in [2.45, 2.75) is 0 Å². The summed E-state index contributed by atoms with van der Waals surface area (Å²) in [5.74, 6) is 0.572. The molecule has 0 saturated carbocycles. The Kier molecular flexibility index (Phi) is 5.84. The van der Waals surface area contributed by atoms with E-state index in [1.807, 2.05) is 18.2 Å². The van der Waals surface area contributed by atoms with Gasteiger partial charge in [-0.3, -0.25) is 4.79 Å². The molecule has 0 radical (unpaired) electrons. The summed E-state index contributed by atoms with van der Waals surface area (Å²) in [7, 11) is 1.58. The number of methoxy groups -OCH3 is 1. The van der Waals surface area contributed by atoms with Gasteiger partial charge in [0.15, 0.2) is 0 Å². The summed E-state index contributed by atoms with van der Waals surface area (Å²) in [6.07, 6.45) is 3.25. The SMILES string of the molecule is COc1cccc(Oc2ncc(-c3cccc(C(=O)Nc4ccc(F)cc4)c3)cn2)c1. The Morgan fingerprint density at radius 2 is 1.58 bits per heavy atom. The molecular formula is C24H18FN3O3. The highest BCUT2D eigenvalue weighted by molar-refractivity contribution is 6.04. The van der Waals surface area contributed by atoms with Crippen LogP contribution in [0.2, 0.25) is 0 Å². The van der Waals surface area contributed by atoms with Crippen LogP contribution < -0.4 is 14.8 Å². The average molecular weight is 415 g/mol. The number of carbonyl (C=O) groups excluding carboxylic acids is 1. The number of rotatable bonds is 6. The summed E-state index contributed by atoms with van der Waals surface area (Å²) in [4.78, 5) is 21.0. The van der Waals surface area contributed by atoms with E-state index < -0.39 is 0 Å². The Morgan fingerprint density at radius 3 is 2.32 bits per heavy atom. The maximum Gasteiger partial charge on any atom is 0.321 e. The Hall–Kier alpha value is -4.26. The highest BCUT2D eigenvalue weighted by Gasteiger charge is 2.09. The number of amides is 1. The minimum Gasteiger partial charge on any atom is -0.497 e. The van der Waals surface area contributed by atoms with E-state index in [9.17, 15) is 9.18 Å². The largest absolute Gasteiger partial charge is 0.497 e. The number of nitrogens with zero attached hydrogens (tertiary/aromatic N) is 2. The topological polar surface area (TPSA) is 73.3 Å². The Morgan fingerprint density at radius 1 is 0.871 bits per heavy atom. The molecule has 0 fully saturated rings. The highest BCUT2D eigenvalue weighted by Crippen LogP contribution is 2.25. The quantitative estimate of drug-likeness (QED) is 0.460. The maximum atomic E-state index is 13.0. The molecule has 0 atom stereocenters. The van der Waals surface area contributed by atoms with Gasteiger partial charge in [0.25, 0.3) is 5.91 Å². The van der Waals surface area contributed by atoms with Gasteiger partial charge in [-0.1, -0.05) is 18.2 Å². The first-order valence-corrected chi connectivity index (χ1v) is 9.42. The van der Waals surface area contributed by atoms with Gasteiger partial charge in [-0.15, -0.1) is 0 Å². The standard InChI is InChI=1S/C24H18FN3O3/c1-30-21-6-3-7-22(13-21)31-24-26-14-18(15-27-24)16-4-2-5-17(12-16)23(29)28-20-10-8-19(25)9-11-20/h2-15H,1H3,(H,28,29). The average Bonchev–Trinajstić information content (AvgIpc) is 2.81. The third-order valence-corrected chi connectivity index (χ3v) is 4.44. The van der Waals surface area contributed by atoms with Gasteiger partial charge in [-0.25, -0.2) is 14.4 Å². The van der Waals surface area contributed by atoms with Gasteiger partial charge in [-0.05, 0) is 54.1 Å². The van der Waals surface area contributed by atoms with Gasteiger partial charge in [0.2, 0.25) is 0 Å². The molecule has 0 bridgehead atoms. The first-order valence-electron chi connectivity index (χ1n) is 9.42. The minimum atomic E-state index is -0.362. The molecule has 0 aliphatic heterocycles. The van der Waals surface area contributed by atoms with Crippen molar-refractivity contribution in [2.75, 3.05) is 12.4 Å². The number of nitrogens with one attached hydrogen (secondary N) is 1. The molecule has 0 aliphatic rings. The predicted octanol–water partition coefficient (Wildman–Crippen LogP) is 5.34. The first kappa shape index (κ1) is 20.0. The molecule has 0 unspecified atom stereocenters. The van der Waals surface area contributed by atoms with E-state index in [0.29, 0.717) is 22.7 Å². The van der Waals surface area contributed by atoms with E-state index in [1.54, 1.807) is 49.8 Å². The van der Waals surface area contributed by atoms with Crippen LogP contribution in [0.1, 0.15) is 10.4 Å². The van der Waals surface area contributed by atoms with Crippen LogP contribution in [-0.4, -0.2) is 23.0 Å². The maximum absolute atomic E-state index is 13.0. The van der Waals surface area contributed by atoms with E-state index in [2.05, 4.69) is 15.3 Å². The summed E-state index contributed by atoms with van der Waals surface area (Å²) in [5, 5.41) is 2.74. The Labute approximate surface area is 178 Å². The second-order valence-corrected chi connectivity index (χ2v) is 6.58. The summed E-state index contributed by atoms with van der Waals surface area (Å²) >= 11 is 0. The number of aromatic nitrogens is 2. The van der Waals surface area contributed by atoms with Crippen LogP contribution in [0.25, 0.3) is 11.1 Å². The smallest absolute Gasteiger partial charge is 0.321 e.